The Labute approximate surface area is 102 Å². The highest BCUT2D eigenvalue weighted by atomic mass is 14.7. The fraction of sp³-hybridized carbons (Fsp3) is 0.133. The Morgan fingerprint density at radius 2 is 1.94 bits per heavy atom. The van der Waals surface area contributed by atoms with Crippen molar-refractivity contribution in [3.05, 3.63) is 72.1 Å². The van der Waals surface area contributed by atoms with E-state index in [1.54, 1.807) is 6.20 Å². The van der Waals surface area contributed by atoms with Crippen LogP contribution in [0, 0.1) is 0 Å². The Bertz CT molecular complexity index is 517. The van der Waals surface area contributed by atoms with Gasteiger partial charge in [0.15, 0.2) is 0 Å². The predicted octanol–water partition coefficient (Wildman–Crippen LogP) is 3.16. The number of rotatable bonds is 3. The summed E-state index contributed by atoms with van der Waals surface area (Å²) in [6.07, 6.45) is 3.59. The number of hydrogen-bond acceptors (Lipinski definition) is 2. The van der Waals surface area contributed by atoms with Crippen molar-refractivity contribution < 1.29 is 0 Å². The van der Waals surface area contributed by atoms with Gasteiger partial charge in [-0.15, -0.1) is 0 Å². The summed E-state index contributed by atoms with van der Waals surface area (Å²) >= 11 is 0. The summed E-state index contributed by atoms with van der Waals surface area (Å²) in [5.74, 6) is 0. The van der Waals surface area contributed by atoms with Crippen molar-refractivity contribution in [3.8, 4) is 0 Å². The van der Waals surface area contributed by atoms with Gasteiger partial charge in [-0.3, -0.25) is 4.98 Å². The zero-order chi connectivity index (χ0) is 12.3. The summed E-state index contributed by atoms with van der Waals surface area (Å²) in [6, 6.07) is 11.9. The lowest BCUT2D eigenvalue weighted by Gasteiger charge is -2.16. The SMILES string of the molecule is C=C(C)c1cnccc1C(N)c1ccccc1. The zero-order valence-electron chi connectivity index (χ0n) is 9.93. The molecule has 1 aromatic carbocycles. The lowest BCUT2D eigenvalue weighted by atomic mass is 9.94. The van der Waals surface area contributed by atoms with Crippen molar-refractivity contribution in [2.24, 2.45) is 5.73 Å². The normalized spacial score (nSPS) is 12.1. The molecule has 2 nitrogen and oxygen atoms in total. The molecule has 0 bridgehead atoms. The van der Waals surface area contributed by atoms with Crippen molar-refractivity contribution in [1.82, 2.24) is 4.98 Å². The average molecular weight is 224 g/mol. The first-order chi connectivity index (χ1) is 8.20. The summed E-state index contributed by atoms with van der Waals surface area (Å²) in [5.41, 5.74) is 10.5. The van der Waals surface area contributed by atoms with Gasteiger partial charge in [0.2, 0.25) is 0 Å². The smallest absolute Gasteiger partial charge is 0.0558 e. The van der Waals surface area contributed by atoms with Gasteiger partial charge in [-0.2, -0.15) is 0 Å². The van der Waals surface area contributed by atoms with Gasteiger partial charge in [0.05, 0.1) is 6.04 Å². The highest BCUT2D eigenvalue weighted by Crippen LogP contribution is 2.25. The van der Waals surface area contributed by atoms with Gasteiger partial charge in [0, 0.05) is 18.0 Å². The monoisotopic (exact) mass is 224 g/mol. The Morgan fingerprint density at radius 3 is 2.59 bits per heavy atom. The standard InChI is InChI=1S/C15H16N2/c1-11(2)14-10-17-9-8-13(14)15(16)12-6-4-3-5-7-12/h3-10,15H,1,16H2,2H3. The minimum absolute atomic E-state index is 0.133. The third-order valence-electron chi connectivity index (χ3n) is 2.81. The number of aromatic nitrogens is 1. The average Bonchev–Trinajstić information content (AvgIpc) is 2.39. The molecule has 17 heavy (non-hydrogen) atoms. The molecule has 0 fully saturated rings. The Kier molecular flexibility index (Phi) is 3.35. The number of benzene rings is 1. The van der Waals surface area contributed by atoms with Crippen molar-refractivity contribution in [1.29, 1.82) is 0 Å². The molecule has 1 aromatic heterocycles. The molecule has 2 N–H and O–H groups in total. The van der Waals surface area contributed by atoms with Crippen LogP contribution in [0.15, 0.2) is 55.4 Å². The van der Waals surface area contributed by atoms with E-state index in [1.807, 2.05) is 49.5 Å². The van der Waals surface area contributed by atoms with E-state index in [9.17, 15) is 0 Å². The van der Waals surface area contributed by atoms with Crippen molar-refractivity contribution >= 4 is 5.57 Å². The molecule has 0 saturated heterocycles. The predicted molar refractivity (Wildman–Crippen MR) is 71.4 cm³/mol. The molecule has 0 aliphatic carbocycles. The maximum Gasteiger partial charge on any atom is 0.0558 e. The van der Waals surface area contributed by atoms with Crippen LogP contribution in [0.3, 0.4) is 0 Å². The molecular formula is C15H16N2. The molecule has 0 aliphatic rings. The van der Waals surface area contributed by atoms with Gasteiger partial charge in [0.25, 0.3) is 0 Å². The minimum Gasteiger partial charge on any atom is -0.320 e. The first-order valence-corrected chi connectivity index (χ1v) is 5.60. The van der Waals surface area contributed by atoms with E-state index < -0.39 is 0 Å². The van der Waals surface area contributed by atoms with E-state index >= 15 is 0 Å². The second-order valence-electron chi connectivity index (χ2n) is 4.13. The van der Waals surface area contributed by atoms with E-state index in [4.69, 9.17) is 5.73 Å². The molecular weight excluding hydrogens is 208 g/mol. The van der Waals surface area contributed by atoms with Gasteiger partial charge < -0.3 is 5.73 Å². The molecule has 2 rings (SSSR count). The van der Waals surface area contributed by atoms with Crippen LogP contribution in [0.1, 0.15) is 29.7 Å². The lowest BCUT2D eigenvalue weighted by molar-refractivity contribution is 0.863. The second-order valence-corrected chi connectivity index (χ2v) is 4.13. The maximum absolute atomic E-state index is 6.29. The second kappa shape index (κ2) is 4.93. The number of allylic oxidation sites excluding steroid dienone is 1. The van der Waals surface area contributed by atoms with E-state index in [0.717, 1.165) is 22.3 Å². The first kappa shape index (κ1) is 11.6. The largest absolute Gasteiger partial charge is 0.320 e. The molecule has 2 heteroatoms. The molecule has 0 saturated carbocycles. The fourth-order valence-corrected chi connectivity index (χ4v) is 1.87. The number of pyridine rings is 1. The van der Waals surface area contributed by atoms with Crippen molar-refractivity contribution in [2.45, 2.75) is 13.0 Å². The molecule has 1 atom stereocenters. The van der Waals surface area contributed by atoms with Gasteiger partial charge in [-0.05, 0) is 29.7 Å². The first-order valence-electron chi connectivity index (χ1n) is 5.60. The van der Waals surface area contributed by atoms with E-state index in [2.05, 4.69) is 11.6 Å². The van der Waals surface area contributed by atoms with Crippen LogP contribution in [0.4, 0.5) is 0 Å². The molecule has 0 radical (unpaired) electrons. The lowest BCUT2D eigenvalue weighted by Crippen LogP contribution is -2.13. The van der Waals surface area contributed by atoms with Crippen molar-refractivity contribution in [3.63, 3.8) is 0 Å². The third kappa shape index (κ3) is 2.43. The van der Waals surface area contributed by atoms with Gasteiger partial charge in [0.1, 0.15) is 0 Å². The van der Waals surface area contributed by atoms with Crippen LogP contribution in [0.5, 0.6) is 0 Å². The van der Waals surface area contributed by atoms with Crippen molar-refractivity contribution in [2.75, 3.05) is 0 Å². The van der Waals surface area contributed by atoms with E-state index in [1.165, 1.54) is 0 Å². The summed E-state index contributed by atoms with van der Waals surface area (Å²) < 4.78 is 0. The zero-order valence-corrected chi connectivity index (χ0v) is 9.93. The number of nitrogens with two attached hydrogens (primary N) is 1. The minimum atomic E-state index is -0.133. The topological polar surface area (TPSA) is 38.9 Å². The van der Waals surface area contributed by atoms with Crippen LogP contribution in [-0.2, 0) is 0 Å². The quantitative estimate of drug-likeness (QED) is 0.869. The molecule has 0 spiro atoms. The van der Waals surface area contributed by atoms with Crippen LogP contribution in [0.2, 0.25) is 0 Å². The fourth-order valence-electron chi connectivity index (χ4n) is 1.87. The molecule has 1 unspecified atom stereocenters. The highest BCUT2D eigenvalue weighted by Gasteiger charge is 2.12. The van der Waals surface area contributed by atoms with Gasteiger partial charge in [-0.25, -0.2) is 0 Å². The number of nitrogens with zero attached hydrogens (tertiary/aromatic N) is 1. The molecule has 0 amide bonds. The summed E-state index contributed by atoms with van der Waals surface area (Å²) in [7, 11) is 0. The number of hydrogen-bond donors (Lipinski definition) is 1. The Balaban J connectivity index is 2.44. The van der Waals surface area contributed by atoms with E-state index in [-0.39, 0.29) is 6.04 Å². The molecule has 86 valence electrons. The molecule has 2 aromatic rings. The third-order valence-corrected chi connectivity index (χ3v) is 2.81. The highest BCUT2D eigenvalue weighted by molar-refractivity contribution is 5.64. The summed E-state index contributed by atoms with van der Waals surface area (Å²) in [5, 5.41) is 0. The van der Waals surface area contributed by atoms with E-state index in [0.29, 0.717) is 0 Å². The Hall–Kier alpha value is -1.93. The van der Waals surface area contributed by atoms with Gasteiger partial charge >= 0.3 is 0 Å². The summed E-state index contributed by atoms with van der Waals surface area (Å²) in [6.45, 7) is 5.94. The molecule has 0 aliphatic heterocycles. The van der Waals surface area contributed by atoms with Gasteiger partial charge in [-0.1, -0.05) is 36.9 Å². The van der Waals surface area contributed by atoms with Crippen LogP contribution in [-0.4, -0.2) is 4.98 Å². The molecule has 1 heterocycles. The van der Waals surface area contributed by atoms with Crippen LogP contribution >= 0.6 is 0 Å². The Morgan fingerprint density at radius 1 is 1.24 bits per heavy atom. The summed E-state index contributed by atoms with van der Waals surface area (Å²) in [4.78, 5) is 4.13. The van der Waals surface area contributed by atoms with Crippen LogP contribution in [0.25, 0.3) is 5.57 Å². The maximum atomic E-state index is 6.29. The van der Waals surface area contributed by atoms with Crippen LogP contribution < -0.4 is 5.73 Å².